The van der Waals surface area contributed by atoms with Gasteiger partial charge in [-0.15, -0.1) is 10.2 Å². The normalized spacial score (nSPS) is 21.7. The van der Waals surface area contributed by atoms with Crippen molar-refractivity contribution in [3.05, 3.63) is 17.9 Å². The lowest BCUT2D eigenvalue weighted by Gasteiger charge is -2.32. The number of nitrogens with zero attached hydrogens (tertiary/aromatic N) is 4. The topological polar surface area (TPSA) is 108 Å². The van der Waals surface area contributed by atoms with E-state index in [-0.39, 0.29) is 12.0 Å². The smallest absolute Gasteiger partial charge is 0.407 e. The third-order valence-corrected chi connectivity index (χ3v) is 4.32. The minimum absolute atomic E-state index is 0.00119. The summed E-state index contributed by atoms with van der Waals surface area (Å²) in [6.07, 6.45) is 4.16. The van der Waals surface area contributed by atoms with Crippen LogP contribution >= 0.6 is 0 Å². The van der Waals surface area contributed by atoms with Crippen molar-refractivity contribution in [2.75, 3.05) is 7.05 Å². The number of carboxylic acid groups (broad SMARTS) is 1. The highest BCUT2D eigenvalue weighted by atomic mass is 16.4. The molecule has 0 bridgehead atoms. The van der Waals surface area contributed by atoms with Crippen molar-refractivity contribution in [1.29, 1.82) is 0 Å². The molecule has 2 aromatic heterocycles. The Morgan fingerprint density at radius 3 is 2.95 bits per heavy atom. The Morgan fingerprint density at radius 1 is 1.45 bits per heavy atom. The van der Waals surface area contributed by atoms with Gasteiger partial charge < -0.3 is 19.4 Å². The van der Waals surface area contributed by atoms with Crippen LogP contribution in [0.25, 0.3) is 11.6 Å². The fraction of sp³-hybridized carbons (Fsp3) is 0.571. The van der Waals surface area contributed by atoms with Crippen molar-refractivity contribution in [1.82, 2.24) is 25.1 Å². The van der Waals surface area contributed by atoms with Gasteiger partial charge in [-0.3, -0.25) is 0 Å². The van der Waals surface area contributed by atoms with Crippen LogP contribution < -0.4 is 0 Å². The Balaban J connectivity index is 1.76. The number of hydrogen-bond donors (Lipinski definition) is 2. The number of hydrogen-bond acceptors (Lipinski definition) is 5. The molecule has 0 saturated heterocycles. The first kappa shape index (κ1) is 14.6. The molecule has 1 aliphatic rings. The molecule has 0 unspecified atom stereocenters. The van der Waals surface area contributed by atoms with Crippen molar-refractivity contribution < 1.29 is 14.3 Å². The largest absolute Gasteiger partial charge is 0.465 e. The molecular weight excluding hydrogens is 286 g/mol. The molecule has 0 spiro atoms. The molecule has 8 nitrogen and oxygen atoms in total. The van der Waals surface area contributed by atoms with E-state index in [1.165, 1.54) is 4.90 Å². The second-order valence-electron chi connectivity index (χ2n) is 5.73. The summed E-state index contributed by atoms with van der Waals surface area (Å²) in [7, 11) is 1.61. The molecule has 2 aromatic rings. The van der Waals surface area contributed by atoms with Crippen molar-refractivity contribution in [2.24, 2.45) is 0 Å². The van der Waals surface area contributed by atoms with Gasteiger partial charge in [0, 0.05) is 24.7 Å². The molecule has 1 fully saturated rings. The molecule has 118 valence electrons. The fourth-order valence-corrected chi connectivity index (χ4v) is 2.97. The van der Waals surface area contributed by atoms with Crippen LogP contribution in [0.4, 0.5) is 4.79 Å². The maximum Gasteiger partial charge on any atom is 0.407 e. The average Bonchev–Trinajstić information content (AvgIpc) is 3.15. The molecular formula is C14H19N5O3. The standard InChI is InChI=1S/C14H19N5O3/c1-8-11(16-7-15-8)13-18-17-12(22-13)9-4-3-5-10(6-9)19(2)14(20)21/h7,9-10H,3-6H2,1-2H3,(H,15,16)(H,20,21)/t9-,10+/m0/s1. The van der Waals surface area contributed by atoms with Gasteiger partial charge >= 0.3 is 6.09 Å². The molecule has 2 N–H and O–H groups in total. The third kappa shape index (κ3) is 2.68. The fourth-order valence-electron chi connectivity index (χ4n) is 2.97. The lowest BCUT2D eigenvalue weighted by molar-refractivity contribution is 0.121. The Labute approximate surface area is 127 Å². The number of aromatic nitrogens is 4. The van der Waals surface area contributed by atoms with Crippen LogP contribution in [0, 0.1) is 6.92 Å². The summed E-state index contributed by atoms with van der Waals surface area (Å²) in [5, 5.41) is 17.3. The lowest BCUT2D eigenvalue weighted by Crippen LogP contribution is -2.38. The van der Waals surface area contributed by atoms with Crippen molar-refractivity contribution in [3.8, 4) is 11.6 Å². The van der Waals surface area contributed by atoms with Crippen LogP contribution in [0.3, 0.4) is 0 Å². The highest BCUT2D eigenvalue weighted by Gasteiger charge is 2.31. The van der Waals surface area contributed by atoms with E-state index in [2.05, 4.69) is 20.2 Å². The SMILES string of the molecule is Cc1[nH]cnc1-c1nnc([C@H]2CCC[C@@H](N(C)C(=O)O)C2)o1. The number of carbonyl (C=O) groups is 1. The van der Waals surface area contributed by atoms with Gasteiger partial charge in [-0.2, -0.15) is 0 Å². The maximum absolute atomic E-state index is 11.1. The van der Waals surface area contributed by atoms with Gasteiger partial charge in [0.15, 0.2) is 0 Å². The summed E-state index contributed by atoms with van der Waals surface area (Å²) >= 11 is 0. The predicted molar refractivity (Wildman–Crippen MR) is 77.4 cm³/mol. The molecule has 1 amide bonds. The van der Waals surface area contributed by atoms with E-state index in [1.807, 2.05) is 6.92 Å². The van der Waals surface area contributed by atoms with Gasteiger partial charge in [0.1, 0.15) is 5.69 Å². The Morgan fingerprint density at radius 2 is 2.27 bits per heavy atom. The van der Waals surface area contributed by atoms with Gasteiger partial charge in [-0.05, 0) is 26.2 Å². The molecule has 22 heavy (non-hydrogen) atoms. The molecule has 1 saturated carbocycles. The van der Waals surface area contributed by atoms with E-state index in [4.69, 9.17) is 9.52 Å². The van der Waals surface area contributed by atoms with Crippen LogP contribution in [-0.2, 0) is 0 Å². The molecule has 2 heterocycles. The Hall–Kier alpha value is -2.38. The minimum atomic E-state index is -0.899. The monoisotopic (exact) mass is 305 g/mol. The van der Waals surface area contributed by atoms with E-state index in [0.717, 1.165) is 25.0 Å². The Kier molecular flexibility index (Phi) is 3.82. The number of H-pyrrole nitrogens is 1. The Bertz CT molecular complexity index is 665. The van der Waals surface area contributed by atoms with Gasteiger partial charge in [0.05, 0.1) is 6.33 Å². The summed E-state index contributed by atoms with van der Waals surface area (Å²) in [5.74, 6) is 1.07. The van der Waals surface area contributed by atoms with Crippen molar-refractivity contribution in [3.63, 3.8) is 0 Å². The van der Waals surface area contributed by atoms with E-state index in [1.54, 1.807) is 13.4 Å². The number of aryl methyl sites for hydroxylation is 1. The summed E-state index contributed by atoms with van der Waals surface area (Å²) in [6, 6.07) is -0.00119. The molecule has 0 radical (unpaired) electrons. The first-order chi connectivity index (χ1) is 10.6. The lowest BCUT2D eigenvalue weighted by atomic mass is 9.85. The van der Waals surface area contributed by atoms with Gasteiger partial charge in [-0.1, -0.05) is 6.42 Å². The summed E-state index contributed by atoms with van der Waals surface area (Å²) in [6.45, 7) is 1.89. The molecule has 0 aromatic carbocycles. The number of imidazole rings is 1. The zero-order valence-electron chi connectivity index (χ0n) is 12.6. The van der Waals surface area contributed by atoms with Crippen molar-refractivity contribution in [2.45, 2.75) is 44.6 Å². The second-order valence-corrected chi connectivity index (χ2v) is 5.73. The summed E-state index contributed by atoms with van der Waals surface area (Å²) < 4.78 is 5.77. The summed E-state index contributed by atoms with van der Waals surface area (Å²) in [5.41, 5.74) is 1.54. The maximum atomic E-state index is 11.1. The first-order valence-electron chi connectivity index (χ1n) is 7.35. The predicted octanol–water partition coefficient (Wildman–Crippen LogP) is 2.40. The van der Waals surface area contributed by atoms with Crippen LogP contribution in [-0.4, -0.2) is 49.4 Å². The first-order valence-corrected chi connectivity index (χ1v) is 7.35. The highest BCUT2D eigenvalue weighted by Crippen LogP contribution is 2.35. The third-order valence-electron chi connectivity index (χ3n) is 4.32. The van der Waals surface area contributed by atoms with Crippen LogP contribution in [0.15, 0.2) is 10.7 Å². The van der Waals surface area contributed by atoms with E-state index >= 15 is 0 Å². The van der Waals surface area contributed by atoms with Crippen molar-refractivity contribution >= 4 is 6.09 Å². The van der Waals surface area contributed by atoms with E-state index < -0.39 is 6.09 Å². The highest BCUT2D eigenvalue weighted by molar-refractivity contribution is 5.65. The molecule has 8 heteroatoms. The number of nitrogens with one attached hydrogen (secondary N) is 1. The van der Waals surface area contributed by atoms with Gasteiger partial charge in [0.25, 0.3) is 5.89 Å². The van der Waals surface area contributed by atoms with E-state index in [9.17, 15) is 4.79 Å². The zero-order valence-corrected chi connectivity index (χ0v) is 12.6. The van der Waals surface area contributed by atoms with Crippen LogP contribution in [0.1, 0.15) is 43.2 Å². The molecule has 2 atom stereocenters. The molecule has 1 aliphatic carbocycles. The van der Waals surface area contributed by atoms with E-state index in [0.29, 0.717) is 23.9 Å². The molecule has 0 aliphatic heterocycles. The van der Waals surface area contributed by atoms with Gasteiger partial charge in [0.2, 0.25) is 5.89 Å². The minimum Gasteiger partial charge on any atom is -0.465 e. The molecule has 3 rings (SSSR count). The van der Waals surface area contributed by atoms with Crippen LogP contribution in [0.2, 0.25) is 0 Å². The number of aromatic amines is 1. The quantitative estimate of drug-likeness (QED) is 0.901. The summed E-state index contributed by atoms with van der Waals surface area (Å²) in [4.78, 5) is 19.6. The average molecular weight is 305 g/mol. The number of rotatable bonds is 3. The number of amides is 1. The second kappa shape index (κ2) is 5.78. The van der Waals surface area contributed by atoms with Crippen LogP contribution in [0.5, 0.6) is 0 Å². The zero-order chi connectivity index (χ0) is 15.7. The van der Waals surface area contributed by atoms with Gasteiger partial charge in [-0.25, -0.2) is 9.78 Å².